The van der Waals surface area contributed by atoms with Gasteiger partial charge in [0.1, 0.15) is 0 Å². The number of rotatable bonds is 8. The Morgan fingerprint density at radius 2 is 1.70 bits per heavy atom. The quantitative estimate of drug-likeness (QED) is 0.606. The fraction of sp³-hybridized carbons (Fsp3) is 0.636. The highest BCUT2D eigenvalue weighted by Crippen LogP contribution is 2.43. The minimum absolute atomic E-state index is 0.0392. The third-order valence-electron chi connectivity index (χ3n) is 5.16. The maximum atomic E-state index is 13.1. The highest BCUT2D eigenvalue weighted by Gasteiger charge is 2.40. The van der Waals surface area contributed by atoms with E-state index in [0.29, 0.717) is 47.9 Å². The zero-order valence-electron chi connectivity index (χ0n) is 19.1. The van der Waals surface area contributed by atoms with Crippen LogP contribution < -0.4 is 24.8 Å². The van der Waals surface area contributed by atoms with Crippen molar-refractivity contribution in [2.45, 2.75) is 39.7 Å². The number of hydrogen-bond acceptors (Lipinski definition) is 5. The van der Waals surface area contributed by atoms with Gasteiger partial charge in [-0.2, -0.15) is 0 Å². The summed E-state index contributed by atoms with van der Waals surface area (Å²) in [6.45, 7) is 10.1. The molecule has 0 radical (unpaired) electrons. The van der Waals surface area contributed by atoms with Gasteiger partial charge in [0.15, 0.2) is 16.6 Å². The molecule has 1 amide bonds. The normalized spacial score (nSPS) is 18.5. The van der Waals surface area contributed by atoms with Crippen LogP contribution in [0.4, 0.5) is 0 Å². The summed E-state index contributed by atoms with van der Waals surface area (Å²) < 4.78 is 16.5. The summed E-state index contributed by atoms with van der Waals surface area (Å²) in [6.07, 6.45) is 0. The lowest BCUT2D eigenvalue weighted by Gasteiger charge is -2.22. The average Bonchev–Trinajstić information content (AvgIpc) is 3.16. The first kappa shape index (κ1) is 24.1. The van der Waals surface area contributed by atoms with Crippen LogP contribution in [-0.2, 0) is 4.79 Å². The number of thiocarbonyl (C=S) groups is 1. The van der Waals surface area contributed by atoms with Crippen molar-refractivity contribution < 1.29 is 19.0 Å². The summed E-state index contributed by atoms with van der Waals surface area (Å²) in [5.41, 5.74) is 0.962. The summed E-state index contributed by atoms with van der Waals surface area (Å²) in [6, 6.07) is 4.08. The number of amides is 1. The largest absolute Gasteiger partial charge is 0.493 e. The van der Waals surface area contributed by atoms with Gasteiger partial charge in [-0.05, 0) is 49.7 Å². The van der Waals surface area contributed by atoms with Crippen LogP contribution in [0.1, 0.15) is 39.2 Å². The van der Waals surface area contributed by atoms with E-state index in [0.717, 1.165) is 5.56 Å². The molecule has 1 aliphatic rings. The Morgan fingerprint density at radius 1 is 1.10 bits per heavy atom. The van der Waals surface area contributed by atoms with Crippen molar-refractivity contribution in [3.8, 4) is 17.2 Å². The van der Waals surface area contributed by atoms with E-state index >= 15 is 0 Å². The van der Waals surface area contributed by atoms with Gasteiger partial charge in [-0.15, -0.1) is 0 Å². The molecule has 0 unspecified atom stereocenters. The molecular weight excluding hydrogens is 402 g/mol. The van der Waals surface area contributed by atoms with E-state index in [1.165, 1.54) is 0 Å². The second-order valence-electron chi connectivity index (χ2n) is 8.32. The van der Waals surface area contributed by atoms with Gasteiger partial charge in [-0.1, -0.05) is 13.8 Å². The van der Waals surface area contributed by atoms with Crippen molar-refractivity contribution in [3.63, 3.8) is 0 Å². The van der Waals surface area contributed by atoms with Crippen molar-refractivity contribution in [2.75, 3.05) is 41.0 Å². The van der Waals surface area contributed by atoms with E-state index in [2.05, 4.69) is 29.4 Å². The Hall–Kier alpha value is -2.22. The monoisotopic (exact) mass is 437 g/mol. The van der Waals surface area contributed by atoms with Gasteiger partial charge in [-0.25, -0.2) is 0 Å². The van der Waals surface area contributed by atoms with E-state index in [-0.39, 0.29) is 23.8 Å². The zero-order chi connectivity index (χ0) is 22.4. The number of methoxy groups -OCH3 is 3. The predicted octanol–water partition coefficient (Wildman–Crippen LogP) is 2.78. The highest BCUT2D eigenvalue weighted by atomic mass is 32.1. The molecule has 0 aromatic heterocycles. The van der Waals surface area contributed by atoms with E-state index in [4.69, 9.17) is 26.4 Å². The molecule has 0 bridgehead atoms. The third-order valence-corrected chi connectivity index (χ3v) is 5.53. The maximum absolute atomic E-state index is 13.1. The molecule has 168 valence electrons. The summed E-state index contributed by atoms with van der Waals surface area (Å²) in [5, 5.41) is 7.04. The summed E-state index contributed by atoms with van der Waals surface area (Å²) in [4.78, 5) is 15.1. The summed E-state index contributed by atoms with van der Waals surface area (Å²) in [5.74, 6) is 1.82. The molecule has 0 saturated carbocycles. The Bertz CT molecular complexity index is 729. The number of nitrogens with zero attached hydrogens (tertiary/aromatic N) is 1. The Labute approximate surface area is 185 Å². The minimum atomic E-state index is -0.238. The SMILES string of the molecule is COc1cc([C@@H]2CN(C(=S)NC(C)C)C[C@@H]2C(=O)NCC(C)C)cc(OC)c1OC. The van der Waals surface area contributed by atoms with Crippen LogP contribution in [0.2, 0.25) is 0 Å². The molecule has 30 heavy (non-hydrogen) atoms. The van der Waals surface area contributed by atoms with Gasteiger partial charge in [0, 0.05) is 31.6 Å². The first-order valence-corrected chi connectivity index (χ1v) is 10.8. The number of ether oxygens (including phenoxy) is 3. The molecule has 2 N–H and O–H groups in total. The van der Waals surface area contributed by atoms with Gasteiger partial charge in [-0.3, -0.25) is 4.79 Å². The number of benzene rings is 1. The maximum Gasteiger partial charge on any atom is 0.225 e. The second-order valence-corrected chi connectivity index (χ2v) is 8.71. The Balaban J connectivity index is 2.39. The number of carbonyl (C=O) groups excluding carboxylic acids is 1. The molecule has 1 heterocycles. The second kappa shape index (κ2) is 10.7. The third kappa shape index (κ3) is 5.68. The number of nitrogens with one attached hydrogen (secondary N) is 2. The van der Waals surface area contributed by atoms with Crippen LogP contribution in [0.5, 0.6) is 17.2 Å². The lowest BCUT2D eigenvalue weighted by Crippen LogP contribution is -2.42. The fourth-order valence-electron chi connectivity index (χ4n) is 3.66. The Kier molecular flexibility index (Phi) is 8.58. The van der Waals surface area contributed by atoms with E-state index in [9.17, 15) is 4.79 Å². The van der Waals surface area contributed by atoms with Crippen LogP contribution in [0.15, 0.2) is 12.1 Å². The van der Waals surface area contributed by atoms with Crippen LogP contribution in [0.25, 0.3) is 0 Å². The van der Waals surface area contributed by atoms with Gasteiger partial charge in [0.05, 0.1) is 27.2 Å². The van der Waals surface area contributed by atoms with E-state index < -0.39 is 0 Å². The topological polar surface area (TPSA) is 72.1 Å². The molecule has 2 rings (SSSR count). The summed E-state index contributed by atoms with van der Waals surface area (Å²) in [7, 11) is 4.77. The fourth-order valence-corrected chi connectivity index (χ4v) is 4.05. The summed E-state index contributed by atoms with van der Waals surface area (Å²) >= 11 is 5.59. The number of hydrogen-bond donors (Lipinski definition) is 2. The lowest BCUT2D eigenvalue weighted by molar-refractivity contribution is -0.125. The van der Waals surface area contributed by atoms with Crippen LogP contribution in [0.3, 0.4) is 0 Å². The molecule has 0 spiro atoms. The van der Waals surface area contributed by atoms with E-state index in [1.807, 2.05) is 26.0 Å². The molecule has 1 fully saturated rings. The smallest absolute Gasteiger partial charge is 0.225 e. The van der Waals surface area contributed by atoms with Gasteiger partial charge >= 0.3 is 0 Å². The van der Waals surface area contributed by atoms with Crippen molar-refractivity contribution in [2.24, 2.45) is 11.8 Å². The molecule has 0 aliphatic carbocycles. The van der Waals surface area contributed by atoms with Crippen molar-refractivity contribution in [1.82, 2.24) is 15.5 Å². The molecule has 2 atom stereocenters. The predicted molar refractivity (Wildman–Crippen MR) is 123 cm³/mol. The van der Waals surface area contributed by atoms with Crippen LogP contribution in [-0.4, -0.2) is 62.9 Å². The molecule has 1 saturated heterocycles. The van der Waals surface area contributed by atoms with Gasteiger partial charge < -0.3 is 29.7 Å². The van der Waals surface area contributed by atoms with Crippen molar-refractivity contribution >= 4 is 23.2 Å². The Morgan fingerprint density at radius 3 is 2.17 bits per heavy atom. The average molecular weight is 438 g/mol. The standard InChI is InChI=1S/C22H35N3O4S/c1-13(2)10-23-21(26)17-12-25(22(30)24-14(3)4)11-16(17)15-8-18(27-5)20(29-7)19(9-15)28-6/h8-9,13-14,16-17H,10-12H2,1-7H3,(H,23,26)(H,24,30)/t16-,17-/m0/s1. The van der Waals surface area contributed by atoms with Crippen LogP contribution >= 0.6 is 12.2 Å². The molecular formula is C22H35N3O4S. The molecule has 1 aliphatic heterocycles. The minimum Gasteiger partial charge on any atom is -0.493 e. The highest BCUT2D eigenvalue weighted by molar-refractivity contribution is 7.80. The molecule has 8 heteroatoms. The number of carbonyl (C=O) groups is 1. The van der Waals surface area contributed by atoms with Crippen molar-refractivity contribution in [1.29, 1.82) is 0 Å². The van der Waals surface area contributed by atoms with Gasteiger partial charge in [0.25, 0.3) is 0 Å². The van der Waals surface area contributed by atoms with Crippen LogP contribution in [0, 0.1) is 11.8 Å². The first-order chi connectivity index (χ1) is 14.2. The van der Waals surface area contributed by atoms with Crippen molar-refractivity contribution in [3.05, 3.63) is 17.7 Å². The first-order valence-electron chi connectivity index (χ1n) is 10.3. The molecule has 1 aromatic carbocycles. The van der Waals surface area contributed by atoms with E-state index in [1.54, 1.807) is 21.3 Å². The molecule has 1 aromatic rings. The van der Waals surface area contributed by atoms with Gasteiger partial charge in [0.2, 0.25) is 11.7 Å². The molecule has 7 nitrogen and oxygen atoms in total. The lowest BCUT2D eigenvalue weighted by atomic mass is 9.87. The zero-order valence-corrected chi connectivity index (χ0v) is 19.9. The number of likely N-dealkylation sites (tertiary alicyclic amines) is 1.